The molecule has 0 amide bonds. The quantitative estimate of drug-likeness (QED) is 0.365. The van der Waals surface area contributed by atoms with Gasteiger partial charge in [0.25, 0.3) is 0 Å². The molecule has 0 spiro atoms. The molecule has 2 aromatic carbocycles. The van der Waals surface area contributed by atoms with Gasteiger partial charge in [0, 0.05) is 11.3 Å². The second kappa shape index (κ2) is 7.95. The molecular formula is C24H29N3O4S. The van der Waals surface area contributed by atoms with Crippen molar-refractivity contribution in [1.29, 1.82) is 0 Å². The lowest BCUT2D eigenvalue weighted by atomic mass is 9.66. The molecule has 170 valence electrons. The fourth-order valence-electron chi connectivity index (χ4n) is 4.32. The van der Waals surface area contributed by atoms with Crippen molar-refractivity contribution >= 4 is 39.5 Å². The summed E-state index contributed by atoms with van der Waals surface area (Å²) < 4.78 is 25.5. The predicted molar refractivity (Wildman–Crippen MR) is 130 cm³/mol. The van der Waals surface area contributed by atoms with Gasteiger partial charge in [0.05, 0.1) is 11.1 Å². The minimum Gasteiger partial charge on any atom is -0.506 e. The van der Waals surface area contributed by atoms with Crippen molar-refractivity contribution in [3.63, 3.8) is 0 Å². The molecule has 1 aliphatic carbocycles. The van der Waals surface area contributed by atoms with E-state index in [0.29, 0.717) is 29.3 Å². The average molecular weight is 456 g/mol. The van der Waals surface area contributed by atoms with Gasteiger partial charge >= 0.3 is 0 Å². The number of ketones is 1. The van der Waals surface area contributed by atoms with Crippen LogP contribution in [0, 0.1) is 5.92 Å². The van der Waals surface area contributed by atoms with Gasteiger partial charge in [-0.25, -0.2) is 0 Å². The molecule has 0 fully saturated rings. The highest BCUT2D eigenvalue weighted by Gasteiger charge is 2.46. The summed E-state index contributed by atoms with van der Waals surface area (Å²) >= 11 is 0. The maximum absolute atomic E-state index is 13.9. The van der Waals surface area contributed by atoms with Crippen LogP contribution in [-0.2, 0) is 10.2 Å². The second-order valence-corrected chi connectivity index (χ2v) is 10.5. The summed E-state index contributed by atoms with van der Waals surface area (Å²) in [6.07, 6.45) is 2.46. The molecule has 1 unspecified atom stereocenters. The van der Waals surface area contributed by atoms with Gasteiger partial charge in [-0.3, -0.25) is 13.9 Å². The molecule has 2 aromatic rings. The lowest BCUT2D eigenvalue weighted by molar-refractivity contribution is -0.120. The number of nitrogens with zero attached hydrogens (tertiary/aromatic N) is 1. The Morgan fingerprint density at radius 1 is 1.22 bits per heavy atom. The molecule has 4 rings (SSSR count). The number of rotatable bonds is 5. The Labute approximate surface area is 189 Å². The number of nitrogens with one attached hydrogen (secondary N) is 1. The summed E-state index contributed by atoms with van der Waals surface area (Å²) in [4.78, 5) is 14.0. The fourth-order valence-corrected chi connectivity index (χ4v) is 5.52. The standard InChI is InChI=1S/C24H29N3O4S/c1-4-14(2)11-12-24(3)17-8-6-5-7-16(17)21(28)20(22(24)29)23-26-18-10-9-15(25)13-19(18)32(30,31)27-23/h5-10,13-14,28,30-31H,4,11-12,25H2,1-3H3,(H,26,27)/t14-,24?/m0/s1. The molecular weight excluding hydrogens is 426 g/mol. The highest BCUT2D eigenvalue weighted by Crippen LogP contribution is 2.56. The van der Waals surface area contributed by atoms with Crippen LogP contribution in [0.2, 0.25) is 0 Å². The maximum Gasteiger partial charge on any atom is 0.180 e. The van der Waals surface area contributed by atoms with E-state index in [0.717, 1.165) is 18.4 Å². The first kappa shape index (κ1) is 22.4. The molecule has 0 aromatic heterocycles. The molecule has 0 saturated carbocycles. The van der Waals surface area contributed by atoms with Gasteiger partial charge in [0.15, 0.2) is 11.6 Å². The zero-order valence-corrected chi connectivity index (χ0v) is 19.2. The van der Waals surface area contributed by atoms with Crippen LogP contribution in [0.25, 0.3) is 5.76 Å². The maximum atomic E-state index is 13.9. The highest BCUT2D eigenvalue weighted by atomic mass is 32.3. The van der Waals surface area contributed by atoms with E-state index < -0.39 is 16.2 Å². The summed E-state index contributed by atoms with van der Waals surface area (Å²) in [5, 5.41) is 14.1. The topological polar surface area (TPSA) is 128 Å². The van der Waals surface area contributed by atoms with Crippen molar-refractivity contribution in [2.45, 2.75) is 50.3 Å². The zero-order valence-electron chi connectivity index (χ0n) is 18.4. The summed E-state index contributed by atoms with van der Waals surface area (Å²) in [5.74, 6) is -0.109. The number of Topliss-reactive ketones (excluding diaryl/α,β-unsaturated/α-hetero) is 1. The van der Waals surface area contributed by atoms with Crippen LogP contribution < -0.4 is 11.1 Å². The largest absolute Gasteiger partial charge is 0.506 e. The first-order chi connectivity index (χ1) is 15.1. The van der Waals surface area contributed by atoms with E-state index in [1.807, 2.05) is 19.1 Å². The van der Waals surface area contributed by atoms with Crippen LogP contribution in [0.4, 0.5) is 11.4 Å². The molecule has 2 aliphatic rings. The van der Waals surface area contributed by atoms with Crippen molar-refractivity contribution in [3.8, 4) is 0 Å². The number of nitrogen functional groups attached to an aromatic ring is 1. The third kappa shape index (κ3) is 3.58. The van der Waals surface area contributed by atoms with E-state index in [9.17, 15) is 19.0 Å². The Balaban J connectivity index is 1.85. The number of hydrogen-bond acceptors (Lipinski definition) is 7. The van der Waals surface area contributed by atoms with Crippen LogP contribution in [0.1, 0.15) is 51.2 Å². The SMILES string of the molecule is CC[C@H](C)CCC1(C)C(=O)C(C2=NS(O)(O)c3cc(N)ccc3N2)=C(O)c2ccccc21. The van der Waals surface area contributed by atoms with E-state index >= 15 is 0 Å². The normalized spacial score (nSPS) is 23.5. The number of aliphatic hydroxyl groups is 1. The van der Waals surface area contributed by atoms with Crippen LogP contribution in [0.5, 0.6) is 0 Å². The summed E-state index contributed by atoms with van der Waals surface area (Å²) in [6.45, 7) is 6.16. The Morgan fingerprint density at radius 3 is 2.66 bits per heavy atom. The second-order valence-electron chi connectivity index (χ2n) is 8.82. The molecule has 0 radical (unpaired) electrons. The van der Waals surface area contributed by atoms with Crippen molar-refractivity contribution in [1.82, 2.24) is 0 Å². The number of amidine groups is 1. The Kier molecular flexibility index (Phi) is 5.56. The average Bonchev–Trinajstić information content (AvgIpc) is 2.76. The smallest absolute Gasteiger partial charge is 0.180 e. The minimum absolute atomic E-state index is 0.0298. The van der Waals surface area contributed by atoms with Gasteiger partial charge < -0.3 is 16.2 Å². The zero-order chi connectivity index (χ0) is 23.3. The lowest BCUT2D eigenvalue weighted by Crippen LogP contribution is -2.42. The Bertz CT molecular complexity index is 1160. The highest BCUT2D eigenvalue weighted by molar-refractivity contribution is 8.23. The van der Waals surface area contributed by atoms with Gasteiger partial charge in [0.2, 0.25) is 0 Å². The fraction of sp³-hybridized carbons (Fsp3) is 0.333. The van der Waals surface area contributed by atoms with Gasteiger partial charge in [-0.05, 0) is 49.4 Å². The van der Waals surface area contributed by atoms with Gasteiger partial charge in [-0.1, -0.05) is 55.3 Å². The van der Waals surface area contributed by atoms with E-state index in [1.54, 1.807) is 24.3 Å². The molecule has 6 N–H and O–H groups in total. The number of carbonyl (C=O) groups excluding carboxylic acids is 1. The Morgan fingerprint density at radius 2 is 1.94 bits per heavy atom. The van der Waals surface area contributed by atoms with E-state index in [-0.39, 0.29) is 27.8 Å². The summed E-state index contributed by atoms with van der Waals surface area (Å²) in [6, 6.07) is 12.0. The third-order valence-electron chi connectivity index (χ3n) is 6.58. The molecule has 7 nitrogen and oxygen atoms in total. The molecule has 0 bridgehead atoms. The van der Waals surface area contributed by atoms with Gasteiger partial charge in [-0.2, -0.15) is 0 Å². The molecule has 0 saturated heterocycles. The first-order valence-corrected chi connectivity index (χ1v) is 12.2. The molecule has 1 aliphatic heterocycles. The number of benzene rings is 2. The van der Waals surface area contributed by atoms with Crippen molar-refractivity contribution in [2.75, 3.05) is 11.1 Å². The van der Waals surface area contributed by atoms with Crippen molar-refractivity contribution in [2.24, 2.45) is 10.3 Å². The van der Waals surface area contributed by atoms with Crippen molar-refractivity contribution < 1.29 is 19.0 Å². The number of anilines is 2. The van der Waals surface area contributed by atoms with E-state index in [4.69, 9.17) is 5.73 Å². The molecule has 2 atom stereocenters. The number of hydrogen-bond donors (Lipinski definition) is 5. The molecule has 1 heterocycles. The third-order valence-corrected chi connectivity index (χ3v) is 7.95. The number of nitrogens with two attached hydrogens (primary N) is 1. The summed E-state index contributed by atoms with van der Waals surface area (Å²) in [7, 11) is -3.61. The van der Waals surface area contributed by atoms with Crippen LogP contribution in [-0.4, -0.2) is 25.8 Å². The van der Waals surface area contributed by atoms with E-state index in [2.05, 4.69) is 23.6 Å². The van der Waals surface area contributed by atoms with Gasteiger partial charge in [0.1, 0.15) is 16.2 Å². The van der Waals surface area contributed by atoms with Crippen LogP contribution >= 0.6 is 10.8 Å². The van der Waals surface area contributed by atoms with E-state index in [1.165, 1.54) is 6.07 Å². The summed E-state index contributed by atoms with van der Waals surface area (Å²) in [5.41, 5.74) is 6.96. The minimum atomic E-state index is -3.61. The number of carbonyl (C=O) groups is 1. The molecule has 32 heavy (non-hydrogen) atoms. The predicted octanol–water partition coefficient (Wildman–Crippen LogP) is 5.75. The van der Waals surface area contributed by atoms with Gasteiger partial charge in [-0.15, -0.1) is 4.40 Å². The molecule has 8 heteroatoms. The number of fused-ring (bicyclic) bond motifs is 2. The van der Waals surface area contributed by atoms with Crippen molar-refractivity contribution in [3.05, 3.63) is 59.2 Å². The Hall–Kier alpha value is -2.81. The lowest BCUT2D eigenvalue weighted by Gasteiger charge is -2.39. The van der Waals surface area contributed by atoms with Crippen LogP contribution in [0.15, 0.2) is 57.3 Å². The first-order valence-electron chi connectivity index (χ1n) is 10.7. The number of aliphatic hydroxyl groups excluding tert-OH is 1. The van der Waals surface area contributed by atoms with Crippen LogP contribution in [0.3, 0.4) is 0 Å². The monoisotopic (exact) mass is 455 g/mol.